The number of ether oxygens (including phenoxy) is 3. The highest BCUT2D eigenvalue weighted by Gasteiger charge is 2.19. The van der Waals surface area contributed by atoms with Crippen molar-refractivity contribution in [1.29, 1.82) is 0 Å². The fourth-order valence-electron chi connectivity index (χ4n) is 6.28. The summed E-state index contributed by atoms with van der Waals surface area (Å²) in [6, 6.07) is 0. The molecule has 6 nitrogen and oxygen atoms in total. The first-order valence-electron chi connectivity index (χ1n) is 24.2. The summed E-state index contributed by atoms with van der Waals surface area (Å²) in [5.74, 6) is -0.988. The van der Waals surface area contributed by atoms with Gasteiger partial charge in [-0.25, -0.2) is 0 Å². The van der Waals surface area contributed by atoms with Gasteiger partial charge in [0.2, 0.25) is 0 Å². The molecule has 0 aliphatic heterocycles. The van der Waals surface area contributed by atoms with E-state index in [9.17, 15) is 14.4 Å². The molecule has 0 radical (unpaired) electrons. The van der Waals surface area contributed by atoms with Crippen LogP contribution in [0.25, 0.3) is 0 Å². The molecule has 1 unspecified atom stereocenters. The van der Waals surface area contributed by atoms with Gasteiger partial charge >= 0.3 is 17.9 Å². The molecule has 0 saturated heterocycles. The minimum atomic E-state index is -0.806. The number of allylic oxidation sites excluding steroid dienone is 16. The molecule has 0 aromatic heterocycles. The maximum atomic E-state index is 12.7. The van der Waals surface area contributed by atoms with Crippen molar-refractivity contribution in [2.45, 2.75) is 213 Å². The molecule has 0 aromatic rings. The standard InChI is InChI=1S/C54H88O6/c1-4-7-10-13-16-19-22-24-25-26-27-28-29-30-33-35-38-41-44-47-53(56)59-50-51(49-58-52(55)46-43-40-37-34-31-21-18-15-12-9-6-3)60-54(57)48-45-42-39-36-32-23-20-17-14-11-8-5-2/h7-12,16-21,24-25,34,37,51H,4-6,13-15,22-23,26-33,35-36,38-50H2,1-3H3/b10-7-,11-8-,12-9-,19-16-,20-17-,21-18-,25-24-,37-34-. The SMILES string of the molecule is CC/C=C\C/C=C\C/C=C\CCCCCCCCCCCC(=O)OCC(COC(=O)CCC/C=C\C/C=C\C/C=C\CC)OC(=O)CCCCCCC/C=C\C/C=C\CC. The molecule has 6 heteroatoms. The minimum Gasteiger partial charge on any atom is -0.462 e. The zero-order valence-electron chi connectivity index (χ0n) is 38.7. The Morgan fingerprint density at radius 1 is 0.333 bits per heavy atom. The van der Waals surface area contributed by atoms with Gasteiger partial charge in [0.25, 0.3) is 0 Å². The van der Waals surface area contributed by atoms with Crippen molar-refractivity contribution in [3.8, 4) is 0 Å². The Labute approximate surface area is 368 Å². The van der Waals surface area contributed by atoms with E-state index in [-0.39, 0.29) is 37.5 Å². The quantitative estimate of drug-likeness (QED) is 0.0264. The van der Waals surface area contributed by atoms with Gasteiger partial charge in [-0.1, -0.05) is 182 Å². The van der Waals surface area contributed by atoms with E-state index in [1.54, 1.807) is 0 Å². The normalized spacial score (nSPS) is 12.9. The van der Waals surface area contributed by atoms with Crippen LogP contribution in [0, 0.1) is 0 Å². The van der Waals surface area contributed by atoms with Gasteiger partial charge in [-0.2, -0.15) is 0 Å². The Kier molecular flexibility index (Phi) is 45.1. The second-order valence-corrected chi connectivity index (χ2v) is 15.6. The lowest BCUT2D eigenvalue weighted by Gasteiger charge is -2.18. The van der Waals surface area contributed by atoms with Gasteiger partial charge in [0.05, 0.1) is 0 Å². The van der Waals surface area contributed by atoms with Crippen LogP contribution in [0.1, 0.15) is 207 Å². The van der Waals surface area contributed by atoms with Gasteiger partial charge in [-0.05, 0) is 103 Å². The molecule has 0 rings (SSSR count). The maximum Gasteiger partial charge on any atom is 0.306 e. The Bertz CT molecular complexity index is 1230. The van der Waals surface area contributed by atoms with Crippen molar-refractivity contribution in [1.82, 2.24) is 0 Å². The van der Waals surface area contributed by atoms with E-state index >= 15 is 0 Å². The van der Waals surface area contributed by atoms with Gasteiger partial charge < -0.3 is 14.2 Å². The van der Waals surface area contributed by atoms with Crippen LogP contribution < -0.4 is 0 Å². The molecule has 0 aliphatic carbocycles. The molecule has 0 aromatic carbocycles. The smallest absolute Gasteiger partial charge is 0.306 e. The van der Waals surface area contributed by atoms with E-state index in [0.717, 1.165) is 116 Å². The molecular formula is C54H88O6. The third-order valence-electron chi connectivity index (χ3n) is 9.81. The molecule has 340 valence electrons. The highest BCUT2D eigenvalue weighted by atomic mass is 16.6. The number of esters is 3. The Morgan fingerprint density at radius 3 is 1.00 bits per heavy atom. The summed E-state index contributed by atoms with van der Waals surface area (Å²) in [4.78, 5) is 37.8. The third kappa shape index (κ3) is 45.4. The van der Waals surface area contributed by atoms with Gasteiger partial charge in [-0.15, -0.1) is 0 Å². The number of hydrogen-bond acceptors (Lipinski definition) is 6. The summed E-state index contributed by atoms with van der Waals surface area (Å²) in [7, 11) is 0. The van der Waals surface area contributed by atoms with Crippen molar-refractivity contribution in [2.24, 2.45) is 0 Å². The number of rotatable bonds is 42. The molecule has 0 bridgehead atoms. The van der Waals surface area contributed by atoms with E-state index in [2.05, 4.69) is 118 Å². The number of carbonyl (C=O) groups is 3. The molecule has 0 heterocycles. The van der Waals surface area contributed by atoms with E-state index < -0.39 is 6.10 Å². The van der Waals surface area contributed by atoms with Crippen LogP contribution in [-0.4, -0.2) is 37.2 Å². The molecule has 0 amide bonds. The maximum absolute atomic E-state index is 12.7. The topological polar surface area (TPSA) is 78.9 Å². The van der Waals surface area contributed by atoms with Crippen molar-refractivity contribution < 1.29 is 28.6 Å². The molecule has 60 heavy (non-hydrogen) atoms. The number of carbonyl (C=O) groups excluding carboxylic acids is 3. The zero-order valence-corrected chi connectivity index (χ0v) is 38.7. The average Bonchev–Trinajstić information content (AvgIpc) is 3.24. The molecule has 0 spiro atoms. The Balaban J connectivity index is 4.40. The van der Waals surface area contributed by atoms with Crippen LogP contribution >= 0.6 is 0 Å². The summed E-state index contributed by atoms with van der Waals surface area (Å²) >= 11 is 0. The van der Waals surface area contributed by atoms with Crippen LogP contribution in [-0.2, 0) is 28.6 Å². The van der Waals surface area contributed by atoms with Crippen LogP contribution in [0.3, 0.4) is 0 Å². The lowest BCUT2D eigenvalue weighted by atomic mass is 10.1. The minimum absolute atomic E-state index is 0.103. The van der Waals surface area contributed by atoms with E-state index in [1.165, 1.54) is 44.9 Å². The molecule has 0 saturated carbocycles. The van der Waals surface area contributed by atoms with Crippen LogP contribution in [0.15, 0.2) is 97.2 Å². The van der Waals surface area contributed by atoms with Crippen LogP contribution in [0.4, 0.5) is 0 Å². The van der Waals surface area contributed by atoms with Crippen molar-refractivity contribution in [3.63, 3.8) is 0 Å². The monoisotopic (exact) mass is 833 g/mol. The second-order valence-electron chi connectivity index (χ2n) is 15.6. The van der Waals surface area contributed by atoms with E-state index in [1.807, 2.05) is 0 Å². The first-order chi connectivity index (χ1) is 29.5. The second kappa shape index (κ2) is 48.0. The largest absolute Gasteiger partial charge is 0.462 e. The first-order valence-corrected chi connectivity index (χ1v) is 24.2. The van der Waals surface area contributed by atoms with Crippen LogP contribution in [0.5, 0.6) is 0 Å². The number of hydrogen-bond donors (Lipinski definition) is 0. The summed E-state index contributed by atoms with van der Waals surface area (Å²) < 4.78 is 16.7. The van der Waals surface area contributed by atoms with Gasteiger partial charge in [0, 0.05) is 19.3 Å². The summed E-state index contributed by atoms with van der Waals surface area (Å²) in [5.41, 5.74) is 0. The first kappa shape index (κ1) is 56.3. The van der Waals surface area contributed by atoms with Gasteiger partial charge in [0.15, 0.2) is 6.10 Å². The molecular weight excluding hydrogens is 745 g/mol. The molecule has 0 fully saturated rings. The summed E-state index contributed by atoms with van der Waals surface area (Å²) in [6.07, 6.45) is 62.6. The highest BCUT2D eigenvalue weighted by Crippen LogP contribution is 2.13. The number of unbranched alkanes of at least 4 members (excludes halogenated alkanes) is 15. The molecule has 1 atom stereocenters. The predicted molar refractivity (Wildman–Crippen MR) is 256 cm³/mol. The van der Waals surface area contributed by atoms with Gasteiger partial charge in [0.1, 0.15) is 13.2 Å². The summed E-state index contributed by atoms with van der Waals surface area (Å²) in [5, 5.41) is 0. The van der Waals surface area contributed by atoms with Crippen molar-refractivity contribution in [3.05, 3.63) is 97.2 Å². The fraction of sp³-hybridized carbons (Fsp3) is 0.648. The Morgan fingerprint density at radius 2 is 0.617 bits per heavy atom. The third-order valence-corrected chi connectivity index (χ3v) is 9.81. The van der Waals surface area contributed by atoms with E-state index in [0.29, 0.717) is 19.3 Å². The lowest BCUT2D eigenvalue weighted by Crippen LogP contribution is -2.30. The molecule has 0 aliphatic rings. The average molecular weight is 833 g/mol. The Hall–Kier alpha value is -3.67. The van der Waals surface area contributed by atoms with E-state index in [4.69, 9.17) is 14.2 Å². The predicted octanol–water partition coefficient (Wildman–Crippen LogP) is 15.8. The molecule has 0 N–H and O–H groups in total. The zero-order chi connectivity index (χ0) is 43.7. The lowest BCUT2D eigenvalue weighted by molar-refractivity contribution is -0.167. The van der Waals surface area contributed by atoms with Crippen molar-refractivity contribution in [2.75, 3.05) is 13.2 Å². The van der Waals surface area contributed by atoms with Gasteiger partial charge in [-0.3, -0.25) is 14.4 Å². The van der Waals surface area contributed by atoms with Crippen LogP contribution in [0.2, 0.25) is 0 Å². The van der Waals surface area contributed by atoms with Crippen molar-refractivity contribution >= 4 is 17.9 Å². The summed E-state index contributed by atoms with van der Waals surface area (Å²) in [6.45, 7) is 6.22. The highest BCUT2D eigenvalue weighted by molar-refractivity contribution is 5.71. The fourth-order valence-corrected chi connectivity index (χ4v) is 6.28.